The number of carbonyl (C=O) groups is 1. The number of nitrogens with one attached hydrogen (secondary N) is 1. The third-order valence-corrected chi connectivity index (χ3v) is 5.26. The summed E-state index contributed by atoms with van der Waals surface area (Å²) in [7, 11) is 0. The number of aromatic amines is 1. The van der Waals surface area contributed by atoms with Gasteiger partial charge in [-0.05, 0) is 53.1 Å². The molecule has 0 fully saturated rings. The third-order valence-electron chi connectivity index (χ3n) is 5.26. The number of amides is 1. The zero-order valence-electron chi connectivity index (χ0n) is 15.3. The first kappa shape index (κ1) is 17.5. The molecule has 0 aliphatic carbocycles. The normalized spacial score (nSPS) is 16.6. The van der Waals surface area contributed by atoms with E-state index in [-0.39, 0.29) is 23.4 Å². The summed E-state index contributed by atoms with van der Waals surface area (Å²) in [5.74, 6) is -0.496. The Morgan fingerprint density at radius 3 is 2.74 bits per heavy atom. The maximum atomic E-state index is 13.4. The number of pyridine rings is 1. The van der Waals surface area contributed by atoms with Crippen LogP contribution in [0.1, 0.15) is 41.4 Å². The lowest BCUT2D eigenvalue weighted by atomic mass is 9.86. The zero-order valence-corrected chi connectivity index (χ0v) is 15.3. The topological polar surface area (TPSA) is 53.2 Å². The lowest BCUT2D eigenvalue weighted by molar-refractivity contribution is 0.0602. The van der Waals surface area contributed by atoms with Crippen LogP contribution in [0.4, 0.5) is 4.39 Å². The van der Waals surface area contributed by atoms with E-state index < -0.39 is 11.4 Å². The monoisotopic (exact) mass is 364 g/mol. The van der Waals surface area contributed by atoms with E-state index in [4.69, 9.17) is 0 Å². The minimum Gasteiger partial charge on any atom is -0.331 e. The van der Waals surface area contributed by atoms with E-state index in [1.165, 1.54) is 17.7 Å². The quantitative estimate of drug-likeness (QED) is 0.745. The maximum absolute atomic E-state index is 13.4. The van der Waals surface area contributed by atoms with Crippen molar-refractivity contribution in [1.82, 2.24) is 9.88 Å². The number of hydrogen-bond acceptors (Lipinski definition) is 2. The highest BCUT2D eigenvalue weighted by atomic mass is 19.1. The highest BCUT2D eigenvalue weighted by Crippen LogP contribution is 2.35. The van der Waals surface area contributed by atoms with Crippen molar-refractivity contribution in [2.45, 2.75) is 26.3 Å². The van der Waals surface area contributed by atoms with E-state index in [0.717, 1.165) is 12.0 Å². The van der Waals surface area contributed by atoms with Crippen LogP contribution >= 0.6 is 0 Å². The molecule has 0 saturated heterocycles. The number of halogens is 1. The first-order valence-electron chi connectivity index (χ1n) is 9.17. The van der Waals surface area contributed by atoms with Crippen LogP contribution in [0.25, 0.3) is 10.9 Å². The third kappa shape index (κ3) is 3.03. The molecule has 0 spiro atoms. The predicted molar refractivity (Wildman–Crippen MR) is 103 cm³/mol. The zero-order chi connectivity index (χ0) is 19.1. The number of hydrogen-bond donors (Lipinski definition) is 1. The molecule has 27 heavy (non-hydrogen) atoms. The minimum absolute atomic E-state index is 0.0780. The molecule has 1 unspecified atom stereocenters. The minimum atomic E-state index is -0.487. The average Bonchev–Trinajstić information content (AvgIpc) is 2.65. The number of H-pyrrole nitrogens is 1. The molecular formula is C22H21FN2O2. The van der Waals surface area contributed by atoms with Crippen LogP contribution in [-0.2, 0) is 6.42 Å². The van der Waals surface area contributed by atoms with Crippen molar-refractivity contribution in [3.8, 4) is 0 Å². The van der Waals surface area contributed by atoms with Gasteiger partial charge in [0.2, 0.25) is 0 Å². The van der Waals surface area contributed by atoms with Gasteiger partial charge in [0.1, 0.15) is 11.4 Å². The molecule has 1 aliphatic rings. The first-order valence-corrected chi connectivity index (χ1v) is 9.17. The van der Waals surface area contributed by atoms with Crippen LogP contribution in [0.15, 0.2) is 53.3 Å². The second kappa shape index (κ2) is 6.65. The van der Waals surface area contributed by atoms with Crippen molar-refractivity contribution in [3.05, 3.63) is 81.4 Å². The Morgan fingerprint density at radius 1 is 1.19 bits per heavy atom. The highest BCUT2D eigenvalue weighted by Gasteiger charge is 2.34. The number of carbonyl (C=O) groups excluding carboxylic acids is 1. The summed E-state index contributed by atoms with van der Waals surface area (Å²) in [5, 5.41) is 0.637. The number of fused-ring (bicyclic) bond motifs is 2. The van der Waals surface area contributed by atoms with Gasteiger partial charge in [0.05, 0.1) is 11.6 Å². The summed E-state index contributed by atoms with van der Waals surface area (Å²) in [4.78, 5) is 30.3. The summed E-state index contributed by atoms with van der Waals surface area (Å²) < 4.78 is 13.4. The van der Waals surface area contributed by atoms with Gasteiger partial charge in [0.25, 0.3) is 11.5 Å². The Labute approximate surface area is 156 Å². The van der Waals surface area contributed by atoms with Crippen LogP contribution in [-0.4, -0.2) is 22.3 Å². The van der Waals surface area contributed by atoms with Crippen molar-refractivity contribution in [3.63, 3.8) is 0 Å². The Balaban J connectivity index is 1.78. The molecule has 5 heteroatoms. The van der Waals surface area contributed by atoms with Crippen LogP contribution in [0.3, 0.4) is 0 Å². The van der Waals surface area contributed by atoms with Crippen LogP contribution in [0, 0.1) is 11.7 Å². The summed E-state index contributed by atoms with van der Waals surface area (Å²) in [5.41, 5.74) is 2.40. The van der Waals surface area contributed by atoms with Crippen molar-refractivity contribution in [2.24, 2.45) is 5.92 Å². The Kier molecular flexibility index (Phi) is 4.30. The molecule has 138 valence electrons. The number of benzene rings is 2. The Hall–Kier alpha value is -2.95. The molecule has 1 aliphatic heterocycles. The van der Waals surface area contributed by atoms with Gasteiger partial charge in [-0.3, -0.25) is 9.59 Å². The molecule has 1 N–H and O–H groups in total. The summed E-state index contributed by atoms with van der Waals surface area (Å²) in [6, 6.07) is 13.8. The standard InChI is InChI=1S/C22H21FN2O2/c1-13(2)20-17-6-4-3-5-14(17)9-10-25(20)22(27)18-11-15-7-8-16(23)12-19(15)24-21(18)26/h3-8,11-13,20H,9-10H2,1-2H3,(H,24,26). The van der Waals surface area contributed by atoms with Crippen molar-refractivity contribution < 1.29 is 9.18 Å². The molecular weight excluding hydrogens is 343 g/mol. The Bertz CT molecular complexity index is 1090. The number of nitrogens with zero attached hydrogens (tertiary/aromatic N) is 1. The van der Waals surface area contributed by atoms with Gasteiger partial charge in [-0.15, -0.1) is 0 Å². The fourth-order valence-electron chi connectivity index (χ4n) is 4.03. The molecule has 4 rings (SSSR count). The number of rotatable bonds is 2. The molecule has 0 bridgehead atoms. The molecule has 0 saturated carbocycles. The highest BCUT2D eigenvalue weighted by molar-refractivity contribution is 5.97. The van der Waals surface area contributed by atoms with Gasteiger partial charge in [0, 0.05) is 6.54 Å². The van der Waals surface area contributed by atoms with Gasteiger partial charge in [-0.1, -0.05) is 38.1 Å². The summed E-state index contributed by atoms with van der Waals surface area (Å²) in [6.07, 6.45) is 0.766. The van der Waals surface area contributed by atoms with E-state index in [9.17, 15) is 14.0 Å². The fourth-order valence-corrected chi connectivity index (χ4v) is 4.03. The van der Waals surface area contributed by atoms with Crippen molar-refractivity contribution >= 4 is 16.8 Å². The molecule has 4 nitrogen and oxygen atoms in total. The summed E-state index contributed by atoms with van der Waals surface area (Å²) >= 11 is 0. The van der Waals surface area contributed by atoms with E-state index in [0.29, 0.717) is 17.4 Å². The molecule has 3 aromatic rings. The second-order valence-corrected chi connectivity index (χ2v) is 7.38. The number of aromatic nitrogens is 1. The largest absolute Gasteiger partial charge is 0.331 e. The van der Waals surface area contributed by atoms with Crippen LogP contribution < -0.4 is 5.56 Å². The van der Waals surface area contributed by atoms with E-state index >= 15 is 0 Å². The van der Waals surface area contributed by atoms with Crippen LogP contribution in [0.2, 0.25) is 0 Å². The second-order valence-electron chi connectivity index (χ2n) is 7.38. The molecule has 1 amide bonds. The Morgan fingerprint density at radius 2 is 1.96 bits per heavy atom. The van der Waals surface area contributed by atoms with Crippen molar-refractivity contribution in [2.75, 3.05) is 6.54 Å². The molecule has 2 heterocycles. The fraction of sp³-hybridized carbons (Fsp3) is 0.273. The molecule has 2 aromatic carbocycles. The van der Waals surface area contributed by atoms with Gasteiger partial charge < -0.3 is 9.88 Å². The van der Waals surface area contributed by atoms with Crippen LogP contribution in [0.5, 0.6) is 0 Å². The van der Waals surface area contributed by atoms with E-state index in [1.54, 1.807) is 17.0 Å². The summed E-state index contributed by atoms with van der Waals surface area (Å²) in [6.45, 7) is 4.74. The maximum Gasteiger partial charge on any atom is 0.261 e. The lowest BCUT2D eigenvalue weighted by Crippen LogP contribution is -2.43. The SMILES string of the molecule is CC(C)C1c2ccccc2CCN1C(=O)c1cc2ccc(F)cc2[nH]c1=O. The van der Waals surface area contributed by atoms with E-state index in [2.05, 4.69) is 31.0 Å². The van der Waals surface area contributed by atoms with Crippen molar-refractivity contribution in [1.29, 1.82) is 0 Å². The molecule has 0 radical (unpaired) electrons. The first-order chi connectivity index (χ1) is 13.0. The van der Waals surface area contributed by atoms with E-state index in [1.807, 2.05) is 12.1 Å². The lowest BCUT2D eigenvalue weighted by Gasteiger charge is -2.39. The predicted octanol–water partition coefficient (Wildman–Crippen LogP) is 4.06. The smallest absolute Gasteiger partial charge is 0.261 e. The van der Waals surface area contributed by atoms with Gasteiger partial charge in [-0.25, -0.2) is 4.39 Å². The molecule has 1 atom stereocenters. The van der Waals surface area contributed by atoms with Gasteiger partial charge in [-0.2, -0.15) is 0 Å². The molecule has 1 aromatic heterocycles. The average molecular weight is 364 g/mol. The van der Waals surface area contributed by atoms with Gasteiger partial charge in [0.15, 0.2) is 0 Å². The van der Waals surface area contributed by atoms with Gasteiger partial charge >= 0.3 is 0 Å².